The van der Waals surface area contributed by atoms with E-state index in [0.29, 0.717) is 0 Å². The largest absolute Gasteiger partial charge is 0.360 e. The Morgan fingerprint density at radius 1 is 0.833 bits per heavy atom. The summed E-state index contributed by atoms with van der Waals surface area (Å²) in [6.07, 6.45) is 0. The Morgan fingerprint density at radius 3 is 2.38 bits per heavy atom. The van der Waals surface area contributed by atoms with E-state index < -0.39 is 0 Å². The molecule has 1 aliphatic rings. The number of piperazine rings is 1. The van der Waals surface area contributed by atoms with Crippen LogP contribution in [0, 0.1) is 6.92 Å². The summed E-state index contributed by atoms with van der Waals surface area (Å²) < 4.78 is 0. The average molecular weight is 317 g/mol. The van der Waals surface area contributed by atoms with Crippen LogP contribution in [0.15, 0.2) is 66.7 Å². The Hall–Kier alpha value is -2.32. The number of anilines is 1. The van der Waals surface area contributed by atoms with Gasteiger partial charge in [-0.2, -0.15) is 0 Å². The molecule has 2 heteroatoms. The van der Waals surface area contributed by atoms with Crippen molar-refractivity contribution < 1.29 is 4.90 Å². The normalized spacial score (nSPS) is 15.8. The quantitative estimate of drug-likeness (QED) is 0.780. The molecular formula is C22H25N2+. The lowest BCUT2D eigenvalue weighted by Gasteiger charge is -2.34. The molecule has 0 bridgehead atoms. The fraction of sp³-hybridized carbons (Fsp3) is 0.273. The molecule has 3 aromatic rings. The van der Waals surface area contributed by atoms with E-state index in [2.05, 4.69) is 78.6 Å². The highest BCUT2D eigenvalue weighted by molar-refractivity contribution is 5.85. The molecule has 0 unspecified atom stereocenters. The molecule has 0 amide bonds. The maximum Gasteiger partial charge on any atom is 0.104 e. The van der Waals surface area contributed by atoms with E-state index in [-0.39, 0.29) is 0 Å². The maximum absolute atomic E-state index is 2.54. The Balaban J connectivity index is 1.46. The van der Waals surface area contributed by atoms with Crippen molar-refractivity contribution in [2.75, 3.05) is 31.1 Å². The van der Waals surface area contributed by atoms with Crippen LogP contribution in [0.4, 0.5) is 5.69 Å². The predicted molar refractivity (Wildman–Crippen MR) is 102 cm³/mol. The molecule has 2 nitrogen and oxygen atoms in total. The number of benzene rings is 3. The van der Waals surface area contributed by atoms with Gasteiger partial charge in [-0.05, 0) is 29.3 Å². The topological polar surface area (TPSA) is 7.68 Å². The molecule has 0 aromatic heterocycles. The summed E-state index contributed by atoms with van der Waals surface area (Å²) in [6, 6.07) is 24.2. The van der Waals surface area contributed by atoms with Crippen LogP contribution in [0.3, 0.4) is 0 Å². The van der Waals surface area contributed by atoms with Crippen LogP contribution in [0.2, 0.25) is 0 Å². The first-order valence-corrected chi connectivity index (χ1v) is 8.92. The number of hydrogen-bond acceptors (Lipinski definition) is 1. The van der Waals surface area contributed by atoms with Crippen LogP contribution in [0.5, 0.6) is 0 Å². The van der Waals surface area contributed by atoms with Crippen molar-refractivity contribution >= 4 is 16.5 Å². The van der Waals surface area contributed by atoms with Crippen molar-refractivity contribution in [1.82, 2.24) is 0 Å². The van der Waals surface area contributed by atoms with Gasteiger partial charge in [0.25, 0.3) is 0 Å². The summed E-state index contributed by atoms with van der Waals surface area (Å²) >= 11 is 0. The lowest BCUT2D eigenvalue weighted by Crippen LogP contribution is -3.13. The van der Waals surface area contributed by atoms with Crippen LogP contribution >= 0.6 is 0 Å². The van der Waals surface area contributed by atoms with Crippen molar-refractivity contribution in [3.8, 4) is 0 Å². The van der Waals surface area contributed by atoms with Crippen molar-refractivity contribution in [3.05, 3.63) is 77.9 Å². The number of aryl methyl sites for hydroxylation is 1. The molecule has 0 aliphatic carbocycles. The highest BCUT2D eigenvalue weighted by Crippen LogP contribution is 2.20. The van der Waals surface area contributed by atoms with Gasteiger partial charge in [0, 0.05) is 11.3 Å². The summed E-state index contributed by atoms with van der Waals surface area (Å²) in [7, 11) is 0. The highest BCUT2D eigenvalue weighted by atomic mass is 15.3. The Kier molecular flexibility index (Phi) is 4.22. The van der Waals surface area contributed by atoms with Crippen LogP contribution in [0.1, 0.15) is 11.1 Å². The minimum absolute atomic E-state index is 1.13. The Labute approximate surface area is 144 Å². The van der Waals surface area contributed by atoms with E-state index in [0.717, 1.165) is 19.6 Å². The number of nitrogens with zero attached hydrogens (tertiary/aromatic N) is 1. The zero-order valence-corrected chi connectivity index (χ0v) is 14.3. The molecule has 1 fully saturated rings. The molecule has 0 atom stereocenters. The van der Waals surface area contributed by atoms with E-state index in [4.69, 9.17) is 0 Å². The standard InChI is InChI=1S/C22H24N2/c1-18-7-2-5-12-22(18)24-15-13-23(14-16-24)17-20-10-6-9-19-8-3-4-11-21(19)20/h2-12H,13-17H2,1H3/p+1. The van der Waals surface area contributed by atoms with Gasteiger partial charge in [0.05, 0.1) is 26.2 Å². The SMILES string of the molecule is Cc1ccccc1N1CC[NH+](Cc2cccc3ccccc23)CC1. The van der Waals surface area contributed by atoms with E-state index >= 15 is 0 Å². The van der Waals surface area contributed by atoms with Gasteiger partial charge in [0.1, 0.15) is 6.54 Å². The zero-order chi connectivity index (χ0) is 16.4. The van der Waals surface area contributed by atoms with Crippen LogP contribution in [-0.4, -0.2) is 26.2 Å². The summed E-state index contributed by atoms with van der Waals surface area (Å²) in [5.41, 5.74) is 4.27. The van der Waals surface area contributed by atoms with E-state index in [1.54, 1.807) is 4.90 Å². The minimum Gasteiger partial charge on any atom is -0.360 e. The number of hydrogen-bond donors (Lipinski definition) is 1. The molecule has 24 heavy (non-hydrogen) atoms. The van der Waals surface area contributed by atoms with Gasteiger partial charge in [-0.3, -0.25) is 0 Å². The fourth-order valence-corrected chi connectivity index (χ4v) is 3.87. The zero-order valence-electron chi connectivity index (χ0n) is 14.3. The molecule has 3 aromatic carbocycles. The first kappa shape index (κ1) is 15.2. The van der Waals surface area contributed by atoms with Crippen LogP contribution in [-0.2, 0) is 6.54 Å². The van der Waals surface area contributed by atoms with Gasteiger partial charge in [0.15, 0.2) is 0 Å². The van der Waals surface area contributed by atoms with Crippen LogP contribution in [0.25, 0.3) is 10.8 Å². The predicted octanol–water partition coefficient (Wildman–Crippen LogP) is 3.05. The Morgan fingerprint density at radius 2 is 1.54 bits per heavy atom. The van der Waals surface area contributed by atoms with E-state index in [1.807, 2.05) is 0 Å². The van der Waals surface area contributed by atoms with E-state index in [9.17, 15) is 0 Å². The molecule has 4 rings (SSSR count). The number of quaternary nitrogens is 1. The highest BCUT2D eigenvalue weighted by Gasteiger charge is 2.21. The lowest BCUT2D eigenvalue weighted by molar-refractivity contribution is -0.914. The lowest BCUT2D eigenvalue weighted by atomic mass is 10.0. The van der Waals surface area contributed by atoms with Crippen LogP contribution < -0.4 is 9.80 Å². The molecule has 0 spiro atoms. The summed E-state index contributed by atoms with van der Waals surface area (Å²) in [5.74, 6) is 0. The fourth-order valence-electron chi connectivity index (χ4n) is 3.87. The number of para-hydroxylation sites is 1. The summed E-state index contributed by atoms with van der Waals surface area (Å²) in [5, 5.41) is 2.77. The Bertz CT molecular complexity index is 827. The monoisotopic (exact) mass is 317 g/mol. The minimum atomic E-state index is 1.13. The maximum atomic E-state index is 2.54. The van der Waals surface area contributed by atoms with Crippen molar-refractivity contribution in [2.24, 2.45) is 0 Å². The number of rotatable bonds is 3. The third-order valence-corrected chi connectivity index (χ3v) is 5.25. The first-order valence-electron chi connectivity index (χ1n) is 8.92. The van der Waals surface area contributed by atoms with Gasteiger partial charge < -0.3 is 9.80 Å². The molecule has 122 valence electrons. The smallest absolute Gasteiger partial charge is 0.104 e. The number of nitrogens with one attached hydrogen (secondary N) is 1. The molecule has 1 heterocycles. The van der Waals surface area contributed by atoms with E-state index in [1.165, 1.54) is 40.7 Å². The second kappa shape index (κ2) is 6.66. The first-order chi connectivity index (χ1) is 11.8. The second-order valence-electron chi connectivity index (χ2n) is 6.84. The van der Waals surface area contributed by atoms with Gasteiger partial charge in [-0.15, -0.1) is 0 Å². The van der Waals surface area contributed by atoms with Gasteiger partial charge in [-0.25, -0.2) is 0 Å². The molecule has 0 saturated carbocycles. The van der Waals surface area contributed by atoms with Crippen molar-refractivity contribution in [2.45, 2.75) is 13.5 Å². The summed E-state index contributed by atoms with van der Waals surface area (Å²) in [6.45, 7) is 8.04. The average Bonchev–Trinajstić information content (AvgIpc) is 2.63. The van der Waals surface area contributed by atoms with Gasteiger partial charge in [0.2, 0.25) is 0 Å². The van der Waals surface area contributed by atoms with Gasteiger partial charge >= 0.3 is 0 Å². The third-order valence-electron chi connectivity index (χ3n) is 5.25. The van der Waals surface area contributed by atoms with Crippen molar-refractivity contribution in [1.29, 1.82) is 0 Å². The third kappa shape index (κ3) is 3.02. The molecule has 1 aliphatic heterocycles. The molecular weight excluding hydrogens is 292 g/mol. The molecule has 1 N–H and O–H groups in total. The molecule has 1 saturated heterocycles. The molecule has 0 radical (unpaired) electrons. The van der Waals surface area contributed by atoms with Crippen molar-refractivity contribution in [3.63, 3.8) is 0 Å². The second-order valence-corrected chi connectivity index (χ2v) is 6.84. The summed E-state index contributed by atoms with van der Waals surface area (Å²) in [4.78, 5) is 4.23. The van der Waals surface area contributed by atoms with Gasteiger partial charge in [-0.1, -0.05) is 60.7 Å². The number of fused-ring (bicyclic) bond motifs is 1.